The minimum absolute atomic E-state index is 0.224. The normalized spacial score (nSPS) is 23.9. The quantitative estimate of drug-likeness (QED) is 0.604. The van der Waals surface area contributed by atoms with Crippen molar-refractivity contribution in [3.63, 3.8) is 0 Å². The molecule has 0 aliphatic carbocycles. The van der Waals surface area contributed by atoms with E-state index in [1.165, 1.54) is 0 Å². The maximum absolute atomic E-state index is 6.00. The Morgan fingerprint density at radius 3 is 2.59 bits per heavy atom. The Morgan fingerprint density at radius 1 is 1.41 bits per heavy atom. The van der Waals surface area contributed by atoms with Crippen molar-refractivity contribution in [2.45, 2.75) is 53.5 Å². The lowest BCUT2D eigenvalue weighted by Gasteiger charge is -2.46. The van der Waals surface area contributed by atoms with Gasteiger partial charge in [-0.1, -0.05) is 32.8 Å². The Balaban J connectivity index is 3.17. The molecule has 0 radical (unpaired) electrons. The lowest BCUT2D eigenvalue weighted by molar-refractivity contribution is 0.0418. The zero-order chi connectivity index (χ0) is 16.8. The molecule has 0 aromatic rings. The summed E-state index contributed by atoms with van der Waals surface area (Å²) in [4.78, 5) is 4.71. The molecule has 0 saturated carbocycles. The van der Waals surface area contributed by atoms with Gasteiger partial charge in [-0.05, 0) is 51.3 Å². The van der Waals surface area contributed by atoms with Crippen LogP contribution in [-0.2, 0) is 0 Å². The van der Waals surface area contributed by atoms with Crippen LogP contribution in [0.5, 0.6) is 0 Å². The van der Waals surface area contributed by atoms with Gasteiger partial charge in [-0.3, -0.25) is 4.90 Å². The number of hydrogen-bond acceptors (Lipinski definition) is 3. The summed E-state index contributed by atoms with van der Waals surface area (Å²) < 4.78 is 0. The highest BCUT2D eigenvalue weighted by atomic mass is 15.2. The predicted molar refractivity (Wildman–Crippen MR) is 96.1 cm³/mol. The summed E-state index contributed by atoms with van der Waals surface area (Å²) >= 11 is 0. The summed E-state index contributed by atoms with van der Waals surface area (Å²) in [6.07, 6.45) is 6.80. The van der Waals surface area contributed by atoms with Gasteiger partial charge < -0.3 is 10.6 Å². The van der Waals surface area contributed by atoms with Crippen molar-refractivity contribution >= 4 is 0 Å². The van der Waals surface area contributed by atoms with Crippen molar-refractivity contribution in [2.24, 2.45) is 23.0 Å². The van der Waals surface area contributed by atoms with Crippen molar-refractivity contribution in [3.05, 3.63) is 12.3 Å². The van der Waals surface area contributed by atoms with Crippen LogP contribution in [-0.4, -0.2) is 42.6 Å². The fraction of sp³-hybridized carbons (Fsp3) is 0.789. The first kappa shape index (κ1) is 19.1. The molecule has 126 valence electrons. The molecule has 0 spiro atoms. The largest absolute Gasteiger partial charge is 0.377 e. The van der Waals surface area contributed by atoms with Crippen molar-refractivity contribution in [3.8, 4) is 11.8 Å². The molecule has 3 nitrogen and oxygen atoms in total. The van der Waals surface area contributed by atoms with E-state index in [9.17, 15) is 0 Å². The van der Waals surface area contributed by atoms with Gasteiger partial charge in [0.15, 0.2) is 0 Å². The Hall–Kier alpha value is -0.980. The molecule has 2 N–H and O–H groups in total. The third-order valence-corrected chi connectivity index (χ3v) is 5.29. The van der Waals surface area contributed by atoms with Gasteiger partial charge in [0.05, 0.1) is 0 Å². The molecule has 2 unspecified atom stereocenters. The van der Waals surface area contributed by atoms with E-state index in [2.05, 4.69) is 68.7 Å². The third-order valence-electron chi connectivity index (χ3n) is 5.29. The standard InChI is InChI=1S/C19H35N3/c1-7-11-16-14-22(9-3)13-10-12-17(16)18(21(6)15-20)19(4,5)8-2/h10,13,16-18H,8-9,12,14-15,20H2,1-6H3/t16?,17?,18-/m0/s1. The second kappa shape index (κ2) is 8.60. The minimum Gasteiger partial charge on any atom is -0.377 e. The molecule has 1 rings (SSSR count). The van der Waals surface area contributed by atoms with Gasteiger partial charge in [-0.15, -0.1) is 5.92 Å². The van der Waals surface area contributed by atoms with Crippen LogP contribution >= 0.6 is 0 Å². The first-order valence-corrected chi connectivity index (χ1v) is 8.64. The average molecular weight is 306 g/mol. The van der Waals surface area contributed by atoms with E-state index in [1.807, 2.05) is 6.92 Å². The monoisotopic (exact) mass is 305 g/mol. The molecule has 0 aromatic heterocycles. The van der Waals surface area contributed by atoms with Gasteiger partial charge in [-0.25, -0.2) is 0 Å². The molecule has 0 bridgehead atoms. The minimum atomic E-state index is 0.224. The fourth-order valence-electron chi connectivity index (χ4n) is 3.73. The number of allylic oxidation sites excluding steroid dienone is 1. The van der Waals surface area contributed by atoms with Crippen LogP contribution in [0.1, 0.15) is 47.5 Å². The number of nitrogens with zero attached hydrogens (tertiary/aromatic N) is 2. The van der Waals surface area contributed by atoms with Gasteiger partial charge in [0.25, 0.3) is 0 Å². The van der Waals surface area contributed by atoms with Crippen molar-refractivity contribution in [2.75, 3.05) is 26.8 Å². The molecule has 1 aliphatic heterocycles. The molecule has 3 heteroatoms. The van der Waals surface area contributed by atoms with Crippen molar-refractivity contribution in [1.29, 1.82) is 0 Å². The predicted octanol–water partition coefficient (Wildman–Crippen LogP) is 3.13. The van der Waals surface area contributed by atoms with E-state index < -0.39 is 0 Å². The van der Waals surface area contributed by atoms with E-state index in [4.69, 9.17) is 5.73 Å². The van der Waals surface area contributed by atoms with Crippen LogP contribution in [0.15, 0.2) is 12.3 Å². The lowest BCUT2D eigenvalue weighted by atomic mass is 9.69. The first-order chi connectivity index (χ1) is 10.4. The summed E-state index contributed by atoms with van der Waals surface area (Å²) in [6, 6.07) is 0.440. The fourth-order valence-corrected chi connectivity index (χ4v) is 3.73. The molecule has 0 aromatic carbocycles. The Kier molecular flexibility index (Phi) is 7.45. The number of nitrogens with two attached hydrogens (primary N) is 1. The van der Waals surface area contributed by atoms with Crippen molar-refractivity contribution in [1.82, 2.24) is 9.80 Å². The highest BCUT2D eigenvalue weighted by Crippen LogP contribution is 2.39. The van der Waals surface area contributed by atoms with Gasteiger partial charge in [0.1, 0.15) is 0 Å². The zero-order valence-corrected chi connectivity index (χ0v) is 15.4. The summed E-state index contributed by atoms with van der Waals surface area (Å²) in [7, 11) is 2.16. The molecular weight excluding hydrogens is 270 g/mol. The lowest BCUT2D eigenvalue weighted by Crippen LogP contribution is -2.52. The molecular formula is C19H35N3. The van der Waals surface area contributed by atoms with E-state index in [0.717, 1.165) is 25.9 Å². The molecule has 22 heavy (non-hydrogen) atoms. The van der Waals surface area contributed by atoms with E-state index >= 15 is 0 Å². The second-order valence-electron chi connectivity index (χ2n) is 7.10. The van der Waals surface area contributed by atoms with E-state index in [1.54, 1.807) is 0 Å². The SMILES string of the molecule is CC#CC1CN(CC)C=CCC1[C@H](N(C)CN)C(C)(C)CC. The number of rotatable bonds is 6. The molecule has 0 amide bonds. The maximum Gasteiger partial charge on any atom is 0.0455 e. The van der Waals surface area contributed by atoms with Gasteiger partial charge in [-0.2, -0.15) is 0 Å². The van der Waals surface area contributed by atoms with Crippen molar-refractivity contribution < 1.29 is 0 Å². The molecule has 0 fully saturated rings. The van der Waals surface area contributed by atoms with Crippen LogP contribution in [0, 0.1) is 29.1 Å². The summed E-state index contributed by atoms with van der Waals surface area (Å²) in [6.45, 7) is 13.8. The van der Waals surface area contributed by atoms with Gasteiger partial charge in [0, 0.05) is 31.7 Å². The Bertz CT molecular complexity index is 416. The van der Waals surface area contributed by atoms with Crippen LogP contribution in [0.4, 0.5) is 0 Å². The molecule has 3 atom stereocenters. The topological polar surface area (TPSA) is 32.5 Å². The summed E-state index contributed by atoms with van der Waals surface area (Å²) in [5, 5.41) is 0. The second-order valence-corrected chi connectivity index (χ2v) is 7.10. The van der Waals surface area contributed by atoms with Gasteiger partial charge in [0.2, 0.25) is 0 Å². The van der Waals surface area contributed by atoms with Crippen LogP contribution in [0.2, 0.25) is 0 Å². The van der Waals surface area contributed by atoms with Crippen LogP contribution in [0.3, 0.4) is 0 Å². The Morgan fingerprint density at radius 2 is 2.09 bits per heavy atom. The molecule has 0 saturated heterocycles. The van der Waals surface area contributed by atoms with E-state index in [0.29, 0.717) is 24.5 Å². The smallest absolute Gasteiger partial charge is 0.0455 e. The van der Waals surface area contributed by atoms with Crippen LogP contribution in [0.25, 0.3) is 0 Å². The average Bonchev–Trinajstić information content (AvgIpc) is 2.70. The summed E-state index contributed by atoms with van der Waals surface area (Å²) in [5.74, 6) is 7.57. The third kappa shape index (κ3) is 4.51. The molecule has 1 aliphatic rings. The Labute approximate surface area is 137 Å². The summed E-state index contributed by atoms with van der Waals surface area (Å²) in [5.41, 5.74) is 6.23. The van der Waals surface area contributed by atoms with Gasteiger partial charge >= 0.3 is 0 Å². The first-order valence-electron chi connectivity index (χ1n) is 8.64. The van der Waals surface area contributed by atoms with E-state index in [-0.39, 0.29) is 5.41 Å². The molecule has 1 heterocycles. The highest BCUT2D eigenvalue weighted by Gasteiger charge is 2.40. The maximum atomic E-state index is 6.00. The van der Waals surface area contributed by atoms with Crippen LogP contribution < -0.4 is 5.73 Å². The highest BCUT2D eigenvalue weighted by molar-refractivity contribution is 5.11. The zero-order valence-electron chi connectivity index (χ0n) is 15.4. The number of hydrogen-bond donors (Lipinski definition) is 1.